The maximum Gasteiger partial charge on any atom is 0.253 e. The lowest BCUT2D eigenvalue weighted by molar-refractivity contribution is 0.0827. The Morgan fingerprint density at radius 2 is 2.14 bits per heavy atom. The second-order valence-electron chi connectivity index (χ2n) is 3.25. The minimum absolute atomic E-state index is 0.0418. The normalized spacial score (nSPS) is 9.57. The van der Waals surface area contributed by atoms with Crippen LogP contribution in [0.3, 0.4) is 0 Å². The Labute approximate surface area is 83.8 Å². The SMILES string of the molecule is C=Cc1cc(N)ccc1C(=O)N(C)C. The summed E-state index contributed by atoms with van der Waals surface area (Å²) >= 11 is 0. The van der Waals surface area contributed by atoms with Crippen molar-refractivity contribution >= 4 is 17.7 Å². The van der Waals surface area contributed by atoms with Gasteiger partial charge in [-0.3, -0.25) is 4.79 Å². The largest absolute Gasteiger partial charge is 0.399 e. The fourth-order valence-electron chi connectivity index (χ4n) is 1.19. The Kier molecular flexibility index (Phi) is 2.92. The van der Waals surface area contributed by atoms with Crippen molar-refractivity contribution in [1.29, 1.82) is 0 Å². The van der Waals surface area contributed by atoms with Gasteiger partial charge in [0.05, 0.1) is 0 Å². The average Bonchev–Trinajstić information content (AvgIpc) is 2.16. The molecule has 1 aromatic rings. The molecule has 2 N–H and O–H groups in total. The molecule has 0 spiro atoms. The summed E-state index contributed by atoms with van der Waals surface area (Å²) in [6.45, 7) is 3.65. The molecule has 0 radical (unpaired) electrons. The molecule has 74 valence electrons. The maximum absolute atomic E-state index is 11.7. The molecule has 0 unspecified atom stereocenters. The molecular weight excluding hydrogens is 176 g/mol. The van der Waals surface area contributed by atoms with Crippen molar-refractivity contribution in [3.05, 3.63) is 35.9 Å². The van der Waals surface area contributed by atoms with Gasteiger partial charge in [0.2, 0.25) is 0 Å². The van der Waals surface area contributed by atoms with Gasteiger partial charge in [0.1, 0.15) is 0 Å². The topological polar surface area (TPSA) is 46.3 Å². The lowest BCUT2D eigenvalue weighted by Gasteiger charge is -2.12. The average molecular weight is 190 g/mol. The number of hydrogen-bond acceptors (Lipinski definition) is 2. The van der Waals surface area contributed by atoms with E-state index in [1.54, 1.807) is 38.4 Å². The van der Waals surface area contributed by atoms with Crippen LogP contribution in [0.2, 0.25) is 0 Å². The number of hydrogen-bond donors (Lipinski definition) is 1. The first-order valence-corrected chi connectivity index (χ1v) is 4.30. The van der Waals surface area contributed by atoms with E-state index in [2.05, 4.69) is 6.58 Å². The summed E-state index contributed by atoms with van der Waals surface area (Å²) in [5.74, 6) is -0.0418. The molecule has 0 aliphatic carbocycles. The van der Waals surface area contributed by atoms with Gasteiger partial charge in [0.25, 0.3) is 5.91 Å². The lowest BCUT2D eigenvalue weighted by Crippen LogP contribution is -2.22. The van der Waals surface area contributed by atoms with E-state index in [0.29, 0.717) is 11.3 Å². The van der Waals surface area contributed by atoms with Gasteiger partial charge in [0, 0.05) is 25.3 Å². The molecule has 3 nitrogen and oxygen atoms in total. The van der Waals surface area contributed by atoms with Crippen molar-refractivity contribution in [2.45, 2.75) is 0 Å². The fourth-order valence-corrected chi connectivity index (χ4v) is 1.19. The number of amides is 1. The molecular formula is C11H14N2O. The highest BCUT2D eigenvalue weighted by molar-refractivity contribution is 5.97. The first kappa shape index (κ1) is 10.3. The minimum Gasteiger partial charge on any atom is -0.399 e. The van der Waals surface area contributed by atoms with Crippen LogP contribution < -0.4 is 5.73 Å². The standard InChI is InChI=1S/C11H14N2O/c1-4-8-7-9(12)5-6-10(8)11(14)13(2)3/h4-7H,1,12H2,2-3H3. The van der Waals surface area contributed by atoms with Gasteiger partial charge in [-0.2, -0.15) is 0 Å². The molecule has 0 bridgehead atoms. The first-order chi connectivity index (χ1) is 6.56. The van der Waals surface area contributed by atoms with Crippen LogP contribution in [0, 0.1) is 0 Å². The van der Waals surface area contributed by atoms with E-state index in [-0.39, 0.29) is 5.91 Å². The third-order valence-electron chi connectivity index (χ3n) is 1.93. The number of anilines is 1. The van der Waals surface area contributed by atoms with Gasteiger partial charge in [0.15, 0.2) is 0 Å². The van der Waals surface area contributed by atoms with Crippen LogP contribution in [0.5, 0.6) is 0 Å². The van der Waals surface area contributed by atoms with Crippen molar-refractivity contribution < 1.29 is 4.79 Å². The van der Waals surface area contributed by atoms with Crippen LogP contribution in [0.4, 0.5) is 5.69 Å². The molecule has 14 heavy (non-hydrogen) atoms. The van der Waals surface area contributed by atoms with E-state index in [1.807, 2.05) is 0 Å². The molecule has 1 aromatic carbocycles. The van der Waals surface area contributed by atoms with Crippen molar-refractivity contribution in [2.75, 3.05) is 19.8 Å². The summed E-state index contributed by atoms with van der Waals surface area (Å²) in [6, 6.07) is 5.17. The summed E-state index contributed by atoms with van der Waals surface area (Å²) < 4.78 is 0. The Morgan fingerprint density at radius 3 is 2.64 bits per heavy atom. The highest BCUT2D eigenvalue weighted by Crippen LogP contribution is 2.15. The third kappa shape index (κ3) is 1.93. The molecule has 1 amide bonds. The van der Waals surface area contributed by atoms with Crippen LogP contribution in [-0.4, -0.2) is 24.9 Å². The molecule has 0 heterocycles. The monoisotopic (exact) mass is 190 g/mol. The second-order valence-corrected chi connectivity index (χ2v) is 3.25. The highest BCUT2D eigenvalue weighted by atomic mass is 16.2. The smallest absolute Gasteiger partial charge is 0.253 e. The molecule has 0 aliphatic heterocycles. The van der Waals surface area contributed by atoms with Gasteiger partial charge in [-0.1, -0.05) is 12.7 Å². The van der Waals surface area contributed by atoms with Crippen molar-refractivity contribution in [3.63, 3.8) is 0 Å². The Morgan fingerprint density at radius 1 is 1.50 bits per heavy atom. The number of carbonyl (C=O) groups excluding carboxylic acids is 1. The van der Waals surface area contributed by atoms with E-state index < -0.39 is 0 Å². The molecule has 0 aromatic heterocycles. The van der Waals surface area contributed by atoms with E-state index >= 15 is 0 Å². The van der Waals surface area contributed by atoms with Crippen LogP contribution in [-0.2, 0) is 0 Å². The van der Waals surface area contributed by atoms with Crippen LogP contribution in [0.1, 0.15) is 15.9 Å². The van der Waals surface area contributed by atoms with Crippen LogP contribution >= 0.6 is 0 Å². The van der Waals surface area contributed by atoms with E-state index in [0.717, 1.165) is 5.56 Å². The zero-order chi connectivity index (χ0) is 10.7. The molecule has 0 atom stereocenters. The van der Waals surface area contributed by atoms with Gasteiger partial charge in [-0.25, -0.2) is 0 Å². The summed E-state index contributed by atoms with van der Waals surface area (Å²) in [5, 5.41) is 0. The fraction of sp³-hybridized carbons (Fsp3) is 0.182. The summed E-state index contributed by atoms with van der Waals surface area (Å²) in [6.07, 6.45) is 1.63. The zero-order valence-corrected chi connectivity index (χ0v) is 8.45. The first-order valence-electron chi connectivity index (χ1n) is 4.30. The van der Waals surface area contributed by atoms with E-state index in [1.165, 1.54) is 4.90 Å². The van der Waals surface area contributed by atoms with Crippen molar-refractivity contribution in [3.8, 4) is 0 Å². The molecule has 0 fully saturated rings. The number of benzene rings is 1. The number of nitrogen functional groups attached to an aromatic ring is 1. The summed E-state index contributed by atoms with van der Waals surface area (Å²) in [7, 11) is 3.43. The number of nitrogens with zero attached hydrogens (tertiary/aromatic N) is 1. The minimum atomic E-state index is -0.0418. The third-order valence-corrected chi connectivity index (χ3v) is 1.93. The van der Waals surface area contributed by atoms with Crippen LogP contribution in [0.25, 0.3) is 6.08 Å². The molecule has 0 saturated heterocycles. The number of rotatable bonds is 2. The van der Waals surface area contributed by atoms with E-state index in [4.69, 9.17) is 5.73 Å². The predicted octanol–water partition coefficient (Wildman–Crippen LogP) is 1.61. The molecule has 0 aliphatic rings. The van der Waals surface area contributed by atoms with Gasteiger partial charge < -0.3 is 10.6 Å². The summed E-state index contributed by atoms with van der Waals surface area (Å²) in [5.41, 5.74) is 7.63. The molecule has 3 heteroatoms. The highest BCUT2D eigenvalue weighted by Gasteiger charge is 2.11. The quantitative estimate of drug-likeness (QED) is 0.720. The van der Waals surface area contributed by atoms with E-state index in [9.17, 15) is 4.79 Å². The molecule has 0 saturated carbocycles. The Hall–Kier alpha value is -1.77. The zero-order valence-electron chi connectivity index (χ0n) is 8.45. The Bertz CT molecular complexity index is 370. The van der Waals surface area contributed by atoms with Gasteiger partial charge in [-0.15, -0.1) is 0 Å². The van der Waals surface area contributed by atoms with Gasteiger partial charge >= 0.3 is 0 Å². The number of carbonyl (C=O) groups is 1. The van der Waals surface area contributed by atoms with Crippen molar-refractivity contribution in [2.24, 2.45) is 0 Å². The predicted molar refractivity (Wildman–Crippen MR) is 59.0 cm³/mol. The molecule has 1 rings (SSSR count). The maximum atomic E-state index is 11.7. The Balaban J connectivity index is 3.20. The number of nitrogens with two attached hydrogens (primary N) is 1. The second kappa shape index (κ2) is 3.96. The summed E-state index contributed by atoms with van der Waals surface area (Å²) in [4.78, 5) is 13.2. The lowest BCUT2D eigenvalue weighted by atomic mass is 10.1. The van der Waals surface area contributed by atoms with Crippen LogP contribution in [0.15, 0.2) is 24.8 Å². The van der Waals surface area contributed by atoms with Gasteiger partial charge in [-0.05, 0) is 23.8 Å². The van der Waals surface area contributed by atoms with Crippen molar-refractivity contribution in [1.82, 2.24) is 4.90 Å².